The fourth-order valence-electron chi connectivity index (χ4n) is 2.00. The number of nitrogens with one attached hydrogen (secondary N) is 1. The van der Waals surface area contributed by atoms with Crippen molar-refractivity contribution in [2.45, 2.75) is 59.5 Å². The fraction of sp³-hybridized carbons (Fsp3) is 0.714. The molecule has 0 aliphatic rings. The highest BCUT2D eigenvalue weighted by atomic mass is 16.1. The predicted molar refractivity (Wildman–Crippen MR) is 75.9 cm³/mol. The van der Waals surface area contributed by atoms with Crippen LogP contribution >= 0.6 is 0 Å². The Balaban J connectivity index is 2.86. The maximum absolute atomic E-state index is 12.2. The van der Waals surface area contributed by atoms with Crippen molar-refractivity contribution in [2.75, 3.05) is 5.32 Å². The summed E-state index contributed by atoms with van der Waals surface area (Å²) in [6.07, 6.45) is 6.64. The normalized spacial score (nSPS) is 12.7. The molecule has 102 valence electrons. The lowest BCUT2D eigenvalue weighted by molar-refractivity contribution is 0.508. The first-order valence-corrected chi connectivity index (χ1v) is 6.90. The van der Waals surface area contributed by atoms with Gasteiger partial charge in [0.25, 0.3) is 5.56 Å². The Hall–Kier alpha value is -1.32. The zero-order valence-corrected chi connectivity index (χ0v) is 11.9. The van der Waals surface area contributed by atoms with Crippen LogP contribution in [0.15, 0.2) is 17.2 Å². The molecule has 1 unspecified atom stereocenters. The molecule has 0 aliphatic heterocycles. The van der Waals surface area contributed by atoms with Crippen molar-refractivity contribution < 1.29 is 0 Å². The Bertz CT molecular complexity index is 412. The molecule has 4 nitrogen and oxygen atoms in total. The van der Waals surface area contributed by atoms with E-state index in [9.17, 15) is 4.79 Å². The molecule has 0 amide bonds. The fourth-order valence-corrected chi connectivity index (χ4v) is 2.00. The Labute approximate surface area is 109 Å². The van der Waals surface area contributed by atoms with E-state index in [0.29, 0.717) is 17.8 Å². The molecule has 0 spiro atoms. The number of hydrogen-bond acceptors (Lipinski definition) is 3. The van der Waals surface area contributed by atoms with Crippen LogP contribution in [0.3, 0.4) is 0 Å². The van der Waals surface area contributed by atoms with Crippen LogP contribution in [0.4, 0.5) is 5.82 Å². The van der Waals surface area contributed by atoms with E-state index in [1.54, 1.807) is 17.0 Å². The van der Waals surface area contributed by atoms with Gasteiger partial charge < -0.3 is 9.88 Å². The smallest absolute Gasteiger partial charge is 0.293 e. The number of anilines is 1. The zero-order valence-electron chi connectivity index (χ0n) is 11.9. The Morgan fingerprint density at radius 2 is 2.11 bits per heavy atom. The highest BCUT2D eigenvalue weighted by Gasteiger charge is 2.10. The molecule has 1 atom stereocenters. The first-order chi connectivity index (χ1) is 8.58. The average molecular weight is 251 g/mol. The van der Waals surface area contributed by atoms with Crippen LogP contribution in [0, 0.1) is 5.92 Å². The summed E-state index contributed by atoms with van der Waals surface area (Å²) in [6.45, 7) is 9.22. The Morgan fingerprint density at radius 1 is 1.39 bits per heavy atom. The maximum atomic E-state index is 12.2. The molecule has 1 heterocycles. The van der Waals surface area contributed by atoms with E-state index in [2.05, 4.69) is 38.0 Å². The standard InChI is InChI=1S/C14H25N3O/c1-5-7-12(6-2)16-13-14(18)17(9-8-15-13)10-11(3)4/h8-9,11-12H,5-7,10H2,1-4H3,(H,15,16). The van der Waals surface area contributed by atoms with Crippen LogP contribution in [0.1, 0.15) is 47.0 Å². The van der Waals surface area contributed by atoms with Crippen molar-refractivity contribution in [2.24, 2.45) is 5.92 Å². The average Bonchev–Trinajstić information content (AvgIpc) is 2.32. The summed E-state index contributed by atoms with van der Waals surface area (Å²) < 4.78 is 1.73. The molecule has 0 aromatic carbocycles. The minimum Gasteiger partial charge on any atom is -0.363 e. The van der Waals surface area contributed by atoms with Crippen molar-refractivity contribution in [3.8, 4) is 0 Å². The van der Waals surface area contributed by atoms with Gasteiger partial charge in [0.05, 0.1) is 0 Å². The van der Waals surface area contributed by atoms with Crippen molar-refractivity contribution in [3.05, 3.63) is 22.7 Å². The van der Waals surface area contributed by atoms with Crippen molar-refractivity contribution in [1.82, 2.24) is 9.55 Å². The van der Waals surface area contributed by atoms with Crippen LogP contribution < -0.4 is 10.9 Å². The van der Waals surface area contributed by atoms with E-state index >= 15 is 0 Å². The van der Waals surface area contributed by atoms with Crippen LogP contribution in [0.2, 0.25) is 0 Å². The summed E-state index contributed by atoms with van der Waals surface area (Å²) in [6, 6.07) is 0.338. The van der Waals surface area contributed by atoms with Gasteiger partial charge >= 0.3 is 0 Å². The van der Waals surface area contributed by atoms with Crippen LogP contribution in [-0.4, -0.2) is 15.6 Å². The molecule has 0 fully saturated rings. The molecule has 0 saturated carbocycles. The lowest BCUT2D eigenvalue weighted by Crippen LogP contribution is -2.29. The highest BCUT2D eigenvalue weighted by molar-refractivity contribution is 5.32. The van der Waals surface area contributed by atoms with Gasteiger partial charge in [0.2, 0.25) is 0 Å². The van der Waals surface area contributed by atoms with Crippen molar-refractivity contribution in [1.29, 1.82) is 0 Å². The molecular weight excluding hydrogens is 226 g/mol. The summed E-state index contributed by atoms with van der Waals surface area (Å²) in [5.74, 6) is 0.939. The van der Waals surface area contributed by atoms with Crippen molar-refractivity contribution >= 4 is 5.82 Å². The van der Waals surface area contributed by atoms with Crippen LogP contribution in [-0.2, 0) is 6.54 Å². The summed E-state index contributed by atoms with van der Waals surface area (Å²) in [5.41, 5.74) is -0.0132. The van der Waals surface area contributed by atoms with E-state index in [4.69, 9.17) is 0 Å². The second-order valence-corrected chi connectivity index (χ2v) is 5.17. The first kappa shape index (κ1) is 14.7. The predicted octanol–water partition coefficient (Wildman–Crippen LogP) is 2.89. The third-order valence-corrected chi connectivity index (χ3v) is 2.95. The number of rotatable bonds is 7. The van der Waals surface area contributed by atoms with Gasteiger partial charge in [-0.1, -0.05) is 34.1 Å². The second-order valence-electron chi connectivity index (χ2n) is 5.17. The first-order valence-electron chi connectivity index (χ1n) is 6.90. The third kappa shape index (κ3) is 4.17. The molecule has 4 heteroatoms. The Morgan fingerprint density at radius 3 is 2.67 bits per heavy atom. The van der Waals surface area contributed by atoms with E-state index in [1.165, 1.54) is 0 Å². The SMILES string of the molecule is CCCC(CC)Nc1nccn(CC(C)C)c1=O. The minimum atomic E-state index is -0.0132. The number of nitrogens with zero attached hydrogens (tertiary/aromatic N) is 2. The third-order valence-electron chi connectivity index (χ3n) is 2.95. The molecule has 1 aromatic heterocycles. The molecule has 0 bridgehead atoms. The summed E-state index contributed by atoms with van der Waals surface area (Å²) in [4.78, 5) is 16.4. The largest absolute Gasteiger partial charge is 0.363 e. The van der Waals surface area contributed by atoms with Gasteiger partial charge in [0.1, 0.15) is 0 Å². The van der Waals surface area contributed by atoms with Gasteiger partial charge in [-0.05, 0) is 18.8 Å². The minimum absolute atomic E-state index is 0.0132. The Kier molecular flexibility index (Phi) is 5.89. The van der Waals surface area contributed by atoms with Gasteiger partial charge in [-0.2, -0.15) is 0 Å². The van der Waals surface area contributed by atoms with E-state index < -0.39 is 0 Å². The van der Waals surface area contributed by atoms with Crippen LogP contribution in [0.5, 0.6) is 0 Å². The molecule has 1 rings (SSSR count). The molecule has 0 radical (unpaired) electrons. The zero-order chi connectivity index (χ0) is 13.5. The van der Waals surface area contributed by atoms with E-state index in [1.807, 2.05) is 0 Å². The van der Waals surface area contributed by atoms with Gasteiger partial charge in [0.15, 0.2) is 5.82 Å². The molecule has 0 saturated heterocycles. The number of hydrogen-bond donors (Lipinski definition) is 1. The highest BCUT2D eigenvalue weighted by Crippen LogP contribution is 2.07. The summed E-state index contributed by atoms with van der Waals surface area (Å²) >= 11 is 0. The molecule has 1 N–H and O–H groups in total. The van der Waals surface area contributed by atoms with Gasteiger partial charge in [-0.3, -0.25) is 4.79 Å². The monoisotopic (exact) mass is 251 g/mol. The summed E-state index contributed by atoms with van der Waals surface area (Å²) in [7, 11) is 0. The van der Waals surface area contributed by atoms with Gasteiger partial charge in [0, 0.05) is 25.0 Å². The lowest BCUT2D eigenvalue weighted by atomic mass is 10.1. The van der Waals surface area contributed by atoms with E-state index in [-0.39, 0.29) is 5.56 Å². The second kappa shape index (κ2) is 7.19. The quantitative estimate of drug-likeness (QED) is 0.810. The van der Waals surface area contributed by atoms with Gasteiger partial charge in [-0.25, -0.2) is 4.98 Å². The lowest BCUT2D eigenvalue weighted by Gasteiger charge is -2.17. The van der Waals surface area contributed by atoms with E-state index in [0.717, 1.165) is 25.8 Å². The molecular formula is C14H25N3O. The maximum Gasteiger partial charge on any atom is 0.293 e. The topological polar surface area (TPSA) is 46.9 Å². The van der Waals surface area contributed by atoms with Gasteiger partial charge in [-0.15, -0.1) is 0 Å². The molecule has 18 heavy (non-hydrogen) atoms. The van der Waals surface area contributed by atoms with Crippen molar-refractivity contribution in [3.63, 3.8) is 0 Å². The number of aromatic nitrogens is 2. The summed E-state index contributed by atoms with van der Waals surface area (Å²) in [5, 5.41) is 3.27. The molecule has 1 aromatic rings. The van der Waals surface area contributed by atoms with Crippen LogP contribution in [0.25, 0.3) is 0 Å². The molecule has 0 aliphatic carbocycles.